The van der Waals surface area contributed by atoms with Gasteiger partial charge in [0, 0.05) is 15.1 Å². The van der Waals surface area contributed by atoms with Crippen LogP contribution in [0.5, 0.6) is 5.75 Å². The molecule has 7 heteroatoms. The standard InChI is InChI=1S/C15H11BrCl2N2O2/c16-11-3-1-9(2-4-11)5-14(21)20-19-8-10-6-12(17)7-13(18)15(10)22/h1-4,6-8,22H,5H2,(H,20,21)/b19-8-. The molecule has 0 aliphatic rings. The van der Waals surface area contributed by atoms with Crippen molar-refractivity contribution in [3.05, 3.63) is 62.0 Å². The number of amides is 1. The number of nitrogens with one attached hydrogen (secondary N) is 1. The smallest absolute Gasteiger partial charge is 0.244 e. The molecule has 0 aliphatic heterocycles. The van der Waals surface area contributed by atoms with E-state index in [4.69, 9.17) is 23.2 Å². The van der Waals surface area contributed by atoms with Crippen molar-refractivity contribution in [2.24, 2.45) is 5.10 Å². The number of hydrogen-bond acceptors (Lipinski definition) is 3. The molecule has 0 bridgehead atoms. The number of benzene rings is 2. The molecule has 0 heterocycles. The highest BCUT2D eigenvalue weighted by atomic mass is 79.9. The first kappa shape index (κ1) is 16.8. The number of carbonyl (C=O) groups is 1. The fourth-order valence-electron chi connectivity index (χ4n) is 1.69. The number of nitrogens with zero attached hydrogens (tertiary/aromatic N) is 1. The number of carbonyl (C=O) groups excluding carboxylic acids is 1. The number of hydrogen-bond donors (Lipinski definition) is 2. The Labute approximate surface area is 145 Å². The summed E-state index contributed by atoms with van der Waals surface area (Å²) in [6, 6.07) is 10.3. The Kier molecular flexibility index (Phi) is 5.83. The minimum atomic E-state index is -0.272. The molecular weight excluding hydrogens is 391 g/mol. The third kappa shape index (κ3) is 4.73. The molecule has 0 saturated carbocycles. The van der Waals surface area contributed by atoms with Gasteiger partial charge in [0.1, 0.15) is 5.75 Å². The number of phenols is 1. The van der Waals surface area contributed by atoms with E-state index in [9.17, 15) is 9.90 Å². The molecule has 0 radical (unpaired) electrons. The first-order valence-electron chi connectivity index (χ1n) is 6.20. The van der Waals surface area contributed by atoms with E-state index in [0.29, 0.717) is 10.6 Å². The van der Waals surface area contributed by atoms with Crippen LogP contribution in [0.2, 0.25) is 10.0 Å². The maximum atomic E-state index is 11.8. The summed E-state index contributed by atoms with van der Waals surface area (Å²) >= 11 is 15.0. The third-order valence-corrected chi connectivity index (χ3v) is 3.76. The monoisotopic (exact) mass is 400 g/mol. The lowest BCUT2D eigenvalue weighted by molar-refractivity contribution is -0.120. The van der Waals surface area contributed by atoms with E-state index in [1.807, 2.05) is 24.3 Å². The average Bonchev–Trinajstić information content (AvgIpc) is 2.46. The van der Waals surface area contributed by atoms with Gasteiger partial charge < -0.3 is 5.11 Å². The fourth-order valence-corrected chi connectivity index (χ4v) is 2.46. The van der Waals surface area contributed by atoms with Gasteiger partial charge >= 0.3 is 0 Å². The topological polar surface area (TPSA) is 61.7 Å². The number of phenolic OH excluding ortho intramolecular Hbond substituents is 1. The van der Waals surface area contributed by atoms with Crippen LogP contribution in [0.25, 0.3) is 0 Å². The molecule has 0 fully saturated rings. The molecular formula is C15H11BrCl2N2O2. The predicted octanol–water partition coefficient (Wildman–Crippen LogP) is 4.15. The van der Waals surface area contributed by atoms with Gasteiger partial charge in [-0.25, -0.2) is 5.43 Å². The van der Waals surface area contributed by atoms with Crippen LogP contribution in [0, 0.1) is 0 Å². The van der Waals surface area contributed by atoms with E-state index in [-0.39, 0.29) is 23.1 Å². The summed E-state index contributed by atoms with van der Waals surface area (Å²) in [7, 11) is 0. The van der Waals surface area contributed by atoms with E-state index in [1.54, 1.807) is 0 Å². The van der Waals surface area contributed by atoms with Crippen LogP contribution in [-0.4, -0.2) is 17.2 Å². The van der Waals surface area contributed by atoms with E-state index < -0.39 is 0 Å². The van der Waals surface area contributed by atoms with Gasteiger partial charge in [0.25, 0.3) is 0 Å². The lowest BCUT2D eigenvalue weighted by Gasteiger charge is -2.03. The maximum Gasteiger partial charge on any atom is 0.244 e. The molecule has 2 aromatic rings. The fraction of sp³-hybridized carbons (Fsp3) is 0.0667. The maximum absolute atomic E-state index is 11.8. The van der Waals surface area contributed by atoms with Crippen molar-refractivity contribution in [2.45, 2.75) is 6.42 Å². The second kappa shape index (κ2) is 7.63. The normalized spacial score (nSPS) is 10.9. The van der Waals surface area contributed by atoms with Gasteiger partial charge in [-0.2, -0.15) is 5.10 Å². The summed E-state index contributed by atoms with van der Waals surface area (Å²) in [5.74, 6) is -0.414. The minimum Gasteiger partial charge on any atom is -0.506 e. The van der Waals surface area contributed by atoms with Gasteiger partial charge in [0.2, 0.25) is 5.91 Å². The Bertz CT molecular complexity index is 718. The van der Waals surface area contributed by atoms with E-state index in [2.05, 4.69) is 26.5 Å². The first-order valence-corrected chi connectivity index (χ1v) is 7.75. The van der Waals surface area contributed by atoms with Crippen molar-refractivity contribution in [3.63, 3.8) is 0 Å². The van der Waals surface area contributed by atoms with Gasteiger partial charge in [-0.05, 0) is 29.8 Å². The zero-order valence-corrected chi connectivity index (χ0v) is 14.3. The quantitative estimate of drug-likeness (QED) is 0.596. The molecule has 114 valence electrons. The van der Waals surface area contributed by atoms with E-state index in [1.165, 1.54) is 18.3 Å². The van der Waals surface area contributed by atoms with Crippen LogP contribution in [0.3, 0.4) is 0 Å². The number of hydrazone groups is 1. The summed E-state index contributed by atoms with van der Waals surface area (Å²) in [6.45, 7) is 0. The van der Waals surface area contributed by atoms with Crippen molar-refractivity contribution in [1.82, 2.24) is 5.43 Å². The van der Waals surface area contributed by atoms with Crippen molar-refractivity contribution in [1.29, 1.82) is 0 Å². The summed E-state index contributed by atoms with van der Waals surface area (Å²) in [6.07, 6.45) is 1.49. The molecule has 1 amide bonds. The number of halogens is 3. The van der Waals surface area contributed by atoms with Crippen molar-refractivity contribution < 1.29 is 9.90 Å². The van der Waals surface area contributed by atoms with Crippen molar-refractivity contribution in [3.8, 4) is 5.75 Å². The Morgan fingerprint density at radius 2 is 1.95 bits per heavy atom. The zero-order valence-electron chi connectivity index (χ0n) is 11.2. The highest BCUT2D eigenvalue weighted by molar-refractivity contribution is 9.10. The van der Waals surface area contributed by atoms with Crippen LogP contribution >= 0.6 is 39.1 Å². The van der Waals surface area contributed by atoms with Crippen molar-refractivity contribution >= 4 is 51.3 Å². The minimum absolute atomic E-state index is 0.120. The van der Waals surface area contributed by atoms with Crippen molar-refractivity contribution in [2.75, 3.05) is 0 Å². The number of aromatic hydroxyl groups is 1. The zero-order chi connectivity index (χ0) is 16.1. The predicted molar refractivity (Wildman–Crippen MR) is 91.7 cm³/mol. The van der Waals surface area contributed by atoms with Gasteiger partial charge in [-0.15, -0.1) is 0 Å². The highest BCUT2D eigenvalue weighted by Crippen LogP contribution is 2.29. The van der Waals surface area contributed by atoms with Crippen LogP contribution in [0.4, 0.5) is 0 Å². The average molecular weight is 402 g/mol. The van der Waals surface area contributed by atoms with Crippen LogP contribution in [0.15, 0.2) is 46.0 Å². The molecule has 0 aromatic heterocycles. The summed E-state index contributed by atoms with van der Waals surface area (Å²) < 4.78 is 0.947. The molecule has 0 aliphatic carbocycles. The van der Waals surface area contributed by atoms with Gasteiger partial charge in [0.05, 0.1) is 17.7 Å². The first-order chi connectivity index (χ1) is 10.5. The van der Waals surface area contributed by atoms with Crippen LogP contribution in [0.1, 0.15) is 11.1 Å². The van der Waals surface area contributed by atoms with Crippen LogP contribution < -0.4 is 5.43 Å². The molecule has 0 saturated heterocycles. The molecule has 2 aromatic carbocycles. The third-order valence-electron chi connectivity index (χ3n) is 2.73. The molecule has 2 N–H and O–H groups in total. The Morgan fingerprint density at radius 3 is 2.64 bits per heavy atom. The Morgan fingerprint density at radius 1 is 1.27 bits per heavy atom. The summed E-state index contributed by atoms with van der Waals surface area (Å²) in [5.41, 5.74) is 3.57. The molecule has 2 rings (SSSR count). The largest absolute Gasteiger partial charge is 0.506 e. The van der Waals surface area contributed by atoms with Gasteiger partial charge in [0.15, 0.2) is 0 Å². The molecule has 0 unspecified atom stereocenters. The summed E-state index contributed by atoms with van der Waals surface area (Å²) in [5, 5.41) is 14.0. The SMILES string of the molecule is O=C(Cc1ccc(Br)cc1)N/N=C\c1cc(Cl)cc(Cl)c1O. The molecule has 0 atom stereocenters. The lowest BCUT2D eigenvalue weighted by Crippen LogP contribution is -2.19. The Hall–Kier alpha value is -1.56. The van der Waals surface area contributed by atoms with Gasteiger partial charge in [-0.3, -0.25) is 4.79 Å². The summed E-state index contributed by atoms with van der Waals surface area (Å²) in [4.78, 5) is 11.8. The molecule has 4 nitrogen and oxygen atoms in total. The molecule has 22 heavy (non-hydrogen) atoms. The van der Waals surface area contributed by atoms with E-state index >= 15 is 0 Å². The Balaban J connectivity index is 1.97. The second-order valence-electron chi connectivity index (χ2n) is 4.42. The van der Waals surface area contributed by atoms with E-state index in [0.717, 1.165) is 10.0 Å². The number of rotatable bonds is 4. The second-order valence-corrected chi connectivity index (χ2v) is 6.18. The lowest BCUT2D eigenvalue weighted by atomic mass is 10.1. The highest BCUT2D eigenvalue weighted by Gasteiger charge is 2.06. The van der Waals surface area contributed by atoms with Gasteiger partial charge in [-0.1, -0.05) is 51.3 Å². The molecule has 0 spiro atoms. The van der Waals surface area contributed by atoms with Crippen LogP contribution in [-0.2, 0) is 11.2 Å².